The van der Waals surface area contributed by atoms with Crippen LogP contribution in [0.2, 0.25) is 0 Å². The Morgan fingerprint density at radius 2 is 1.72 bits per heavy atom. The summed E-state index contributed by atoms with van der Waals surface area (Å²) in [5.74, 6) is 2.06. The second-order valence-corrected chi connectivity index (χ2v) is 7.04. The lowest BCUT2D eigenvalue weighted by Gasteiger charge is -2.28. The number of hydrogen-bond acceptors (Lipinski definition) is 6. The van der Waals surface area contributed by atoms with Crippen LogP contribution in [0.15, 0.2) is 60.8 Å². The number of rotatable bonds is 7. The lowest BCUT2D eigenvalue weighted by Crippen LogP contribution is -2.29. The minimum absolute atomic E-state index is 0.551. The van der Waals surface area contributed by atoms with Crippen molar-refractivity contribution in [1.82, 2.24) is 9.97 Å². The lowest BCUT2D eigenvalue weighted by molar-refractivity contribution is 0.342. The normalized spacial score (nSPS) is 13.8. The van der Waals surface area contributed by atoms with Crippen molar-refractivity contribution in [3.63, 3.8) is 0 Å². The van der Waals surface area contributed by atoms with E-state index in [1.165, 1.54) is 24.9 Å². The van der Waals surface area contributed by atoms with E-state index >= 15 is 0 Å². The third-order valence-corrected chi connectivity index (χ3v) is 4.95. The first-order valence-electron chi connectivity index (χ1n) is 10.3. The van der Waals surface area contributed by atoms with E-state index in [-0.39, 0.29) is 0 Å². The van der Waals surface area contributed by atoms with E-state index in [1.54, 1.807) is 6.20 Å². The highest BCUT2D eigenvalue weighted by Gasteiger charge is 2.11. The Morgan fingerprint density at radius 1 is 0.931 bits per heavy atom. The predicted molar refractivity (Wildman–Crippen MR) is 119 cm³/mol. The number of aromatic nitrogens is 2. The van der Waals surface area contributed by atoms with Crippen molar-refractivity contribution in [2.24, 2.45) is 0 Å². The zero-order chi connectivity index (χ0) is 19.9. The van der Waals surface area contributed by atoms with Gasteiger partial charge in [-0.1, -0.05) is 12.1 Å². The summed E-state index contributed by atoms with van der Waals surface area (Å²) in [5.41, 5.74) is 3.13. The van der Waals surface area contributed by atoms with Gasteiger partial charge in [0.25, 0.3) is 0 Å². The molecule has 0 amide bonds. The molecule has 1 aliphatic rings. The van der Waals surface area contributed by atoms with Crippen LogP contribution in [0.5, 0.6) is 5.75 Å². The fourth-order valence-electron chi connectivity index (χ4n) is 3.51. The summed E-state index contributed by atoms with van der Waals surface area (Å²) in [6.45, 7) is 4.88. The summed E-state index contributed by atoms with van der Waals surface area (Å²) in [4.78, 5) is 11.4. The minimum atomic E-state index is 0.551. The first-order chi connectivity index (χ1) is 14.3. The number of benzene rings is 2. The molecule has 0 bridgehead atoms. The van der Waals surface area contributed by atoms with Crippen LogP contribution in [0.25, 0.3) is 0 Å². The van der Waals surface area contributed by atoms with Crippen LogP contribution < -0.4 is 20.3 Å². The topological polar surface area (TPSA) is 62.3 Å². The van der Waals surface area contributed by atoms with Gasteiger partial charge in [0.2, 0.25) is 5.95 Å². The van der Waals surface area contributed by atoms with Crippen molar-refractivity contribution < 1.29 is 4.74 Å². The zero-order valence-electron chi connectivity index (χ0n) is 16.8. The standard InChI is InChI=1S/C23H27N5O/c1-2-29-21-9-5-4-8-20(21)26-22-14-15-24-23(27-22)25-18-10-12-19(13-11-18)28-16-6-3-7-17-28/h4-5,8-15H,2-3,6-7,16-17H2,1H3,(H2,24,25,26,27). The molecule has 4 rings (SSSR count). The second kappa shape index (κ2) is 9.28. The van der Waals surface area contributed by atoms with Crippen LogP contribution in [0.1, 0.15) is 26.2 Å². The summed E-state index contributed by atoms with van der Waals surface area (Å²) < 4.78 is 5.67. The van der Waals surface area contributed by atoms with Crippen molar-refractivity contribution in [1.29, 1.82) is 0 Å². The van der Waals surface area contributed by atoms with Crippen molar-refractivity contribution in [2.75, 3.05) is 35.2 Å². The Morgan fingerprint density at radius 3 is 2.52 bits per heavy atom. The first kappa shape index (κ1) is 19.1. The van der Waals surface area contributed by atoms with Gasteiger partial charge in [-0.15, -0.1) is 0 Å². The summed E-state index contributed by atoms with van der Waals surface area (Å²) in [5, 5.41) is 6.60. The number of piperidine rings is 1. The molecule has 2 heterocycles. The van der Waals surface area contributed by atoms with Crippen molar-refractivity contribution in [3.8, 4) is 5.75 Å². The molecule has 1 saturated heterocycles. The molecule has 1 aliphatic heterocycles. The molecule has 1 fully saturated rings. The van der Waals surface area contributed by atoms with Gasteiger partial charge in [-0.3, -0.25) is 0 Å². The van der Waals surface area contributed by atoms with E-state index in [1.807, 2.05) is 37.3 Å². The number of hydrogen-bond donors (Lipinski definition) is 2. The average Bonchev–Trinajstić information content (AvgIpc) is 2.77. The SMILES string of the molecule is CCOc1ccccc1Nc1ccnc(Nc2ccc(N3CCCCC3)cc2)n1. The van der Waals surface area contributed by atoms with Gasteiger partial charge in [-0.05, 0) is 68.7 Å². The molecule has 3 aromatic rings. The van der Waals surface area contributed by atoms with Crippen LogP contribution in [0.4, 0.5) is 28.8 Å². The molecular weight excluding hydrogens is 362 g/mol. The van der Waals surface area contributed by atoms with Gasteiger partial charge < -0.3 is 20.3 Å². The number of para-hydroxylation sites is 2. The summed E-state index contributed by atoms with van der Waals surface area (Å²) in [7, 11) is 0. The highest BCUT2D eigenvalue weighted by molar-refractivity contribution is 5.65. The Labute approximate surface area is 172 Å². The molecule has 150 valence electrons. The van der Waals surface area contributed by atoms with E-state index < -0.39 is 0 Å². The van der Waals surface area contributed by atoms with Gasteiger partial charge in [0.15, 0.2) is 0 Å². The summed E-state index contributed by atoms with van der Waals surface area (Å²) in [6, 6.07) is 18.2. The van der Waals surface area contributed by atoms with Crippen LogP contribution in [0, 0.1) is 0 Å². The highest BCUT2D eigenvalue weighted by atomic mass is 16.5. The minimum Gasteiger partial charge on any atom is -0.492 e. The monoisotopic (exact) mass is 389 g/mol. The van der Waals surface area contributed by atoms with Crippen LogP contribution in [-0.4, -0.2) is 29.7 Å². The number of anilines is 5. The first-order valence-corrected chi connectivity index (χ1v) is 10.3. The molecule has 0 aliphatic carbocycles. The maximum atomic E-state index is 5.67. The molecular formula is C23H27N5O. The van der Waals surface area contributed by atoms with Crippen molar-refractivity contribution in [3.05, 3.63) is 60.8 Å². The molecule has 0 unspecified atom stereocenters. The Bertz CT molecular complexity index is 923. The van der Waals surface area contributed by atoms with Gasteiger partial charge in [0.1, 0.15) is 11.6 Å². The third-order valence-electron chi connectivity index (χ3n) is 4.95. The molecule has 2 N–H and O–H groups in total. The van der Waals surface area contributed by atoms with Crippen LogP contribution in [0.3, 0.4) is 0 Å². The molecule has 0 spiro atoms. The maximum Gasteiger partial charge on any atom is 0.229 e. The van der Waals surface area contributed by atoms with Gasteiger partial charge in [0.05, 0.1) is 12.3 Å². The Hall–Kier alpha value is -3.28. The van der Waals surface area contributed by atoms with Crippen molar-refractivity contribution >= 4 is 28.8 Å². The lowest BCUT2D eigenvalue weighted by atomic mass is 10.1. The molecule has 0 saturated carbocycles. The molecule has 1 aromatic heterocycles. The van der Waals surface area contributed by atoms with E-state index in [2.05, 4.69) is 49.8 Å². The van der Waals surface area contributed by atoms with Crippen LogP contribution in [-0.2, 0) is 0 Å². The molecule has 6 heteroatoms. The maximum absolute atomic E-state index is 5.67. The molecule has 29 heavy (non-hydrogen) atoms. The van der Waals surface area contributed by atoms with E-state index in [9.17, 15) is 0 Å². The predicted octanol–water partition coefficient (Wildman–Crippen LogP) is 5.35. The molecule has 0 radical (unpaired) electrons. The van der Waals surface area contributed by atoms with Gasteiger partial charge >= 0.3 is 0 Å². The zero-order valence-corrected chi connectivity index (χ0v) is 16.8. The number of nitrogens with zero attached hydrogens (tertiary/aromatic N) is 3. The highest BCUT2D eigenvalue weighted by Crippen LogP contribution is 2.27. The van der Waals surface area contributed by atoms with Gasteiger partial charge in [-0.2, -0.15) is 4.98 Å². The summed E-state index contributed by atoms with van der Waals surface area (Å²) >= 11 is 0. The summed E-state index contributed by atoms with van der Waals surface area (Å²) in [6.07, 6.45) is 5.63. The van der Waals surface area contributed by atoms with Crippen LogP contribution >= 0.6 is 0 Å². The Balaban J connectivity index is 1.44. The van der Waals surface area contributed by atoms with E-state index in [4.69, 9.17) is 4.74 Å². The van der Waals surface area contributed by atoms with Gasteiger partial charge in [0, 0.05) is 30.7 Å². The molecule has 0 atom stereocenters. The number of nitrogens with one attached hydrogen (secondary N) is 2. The average molecular weight is 390 g/mol. The quantitative estimate of drug-likeness (QED) is 0.568. The number of ether oxygens (including phenoxy) is 1. The smallest absolute Gasteiger partial charge is 0.229 e. The fraction of sp³-hybridized carbons (Fsp3) is 0.304. The van der Waals surface area contributed by atoms with E-state index in [0.717, 1.165) is 30.2 Å². The van der Waals surface area contributed by atoms with Crippen molar-refractivity contribution in [2.45, 2.75) is 26.2 Å². The second-order valence-electron chi connectivity index (χ2n) is 7.04. The largest absolute Gasteiger partial charge is 0.492 e. The van der Waals surface area contributed by atoms with Gasteiger partial charge in [-0.25, -0.2) is 4.98 Å². The Kier molecular flexibility index (Phi) is 6.10. The third kappa shape index (κ3) is 4.96. The fourth-order valence-corrected chi connectivity index (χ4v) is 3.51. The molecule has 2 aromatic carbocycles. The van der Waals surface area contributed by atoms with E-state index in [0.29, 0.717) is 18.4 Å². The molecule has 6 nitrogen and oxygen atoms in total.